The van der Waals surface area contributed by atoms with E-state index in [1.54, 1.807) is 0 Å². The lowest BCUT2D eigenvalue weighted by Crippen LogP contribution is -2.32. The van der Waals surface area contributed by atoms with Gasteiger partial charge in [-0.05, 0) is 44.6 Å². The van der Waals surface area contributed by atoms with Gasteiger partial charge in [-0.25, -0.2) is 4.98 Å². The van der Waals surface area contributed by atoms with Gasteiger partial charge in [-0.15, -0.1) is 0 Å². The lowest BCUT2D eigenvalue weighted by Gasteiger charge is -2.30. The molecule has 0 atom stereocenters. The summed E-state index contributed by atoms with van der Waals surface area (Å²) in [4.78, 5) is 7.21. The predicted molar refractivity (Wildman–Crippen MR) is 73.7 cm³/mol. The molecule has 0 saturated carbocycles. The highest BCUT2D eigenvalue weighted by Gasteiger charge is 2.21. The van der Waals surface area contributed by atoms with E-state index >= 15 is 0 Å². The van der Waals surface area contributed by atoms with Crippen LogP contribution >= 0.6 is 0 Å². The molecule has 1 fully saturated rings. The van der Waals surface area contributed by atoms with Crippen LogP contribution in [0.4, 0.5) is 5.82 Å². The van der Waals surface area contributed by atoms with Crippen molar-refractivity contribution in [2.45, 2.75) is 25.7 Å². The molecule has 1 aliphatic rings. The summed E-state index contributed by atoms with van der Waals surface area (Å²) in [5, 5.41) is 0. The summed E-state index contributed by atoms with van der Waals surface area (Å²) < 4.78 is 1.99. The number of hydrogen-bond donors (Lipinski definition) is 1. The average molecular weight is 244 g/mol. The molecule has 2 aromatic rings. The highest BCUT2D eigenvalue weighted by molar-refractivity contribution is 5.49. The number of pyridine rings is 1. The number of anilines is 1. The first kappa shape index (κ1) is 11.5. The zero-order valence-corrected chi connectivity index (χ0v) is 10.8. The molecule has 0 bridgehead atoms. The normalized spacial score (nSPS) is 18.5. The van der Waals surface area contributed by atoms with Crippen molar-refractivity contribution < 1.29 is 0 Å². The molecule has 4 nitrogen and oxygen atoms in total. The van der Waals surface area contributed by atoms with Crippen molar-refractivity contribution in [3.63, 3.8) is 0 Å². The average Bonchev–Trinajstić information content (AvgIpc) is 2.84. The van der Waals surface area contributed by atoms with Crippen LogP contribution in [0.25, 0.3) is 5.65 Å². The number of nitrogen functional groups attached to an aromatic ring is 1. The molecule has 0 unspecified atom stereocenters. The molecule has 0 radical (unpaired) electrons. The van der Waals surface area contributed by atoms with Crippen molar-refractivity contribution in [3.05, 3.63) is 30.1 Å². The molecule has 0 amide bonds. The van der Waals surface area contributed by atoms with E-state index in [-0.39, 0.29) is 0 Å². The molecule has 2 aromatic heterocycles. The van der Waals surface area contributed by atoms with Gasteiger partial charge >= 0.3 is 0 Å². The van der Waals surface area contributed by atoms with E-state index in [1.165, 1.54) is 31.6 Å². The molecule has 2 N–H and O–H groups in total. The fourth-order valence-electron chi connectivity index (χ4n) is 2.79. The van der Waals surface area contributed by atoms with E-state index in [4.69, 9.17) is 10.7 Å². The van der Waals surface area contributed by atoms with Crippen LogP contribution in [0.2, 0.25) is 0 Å². The predicted octanol–water partition coefficient (Wildman–Crippen LogP) is 2.12. The quantitative estimate of drug-likeness (QED) is 0.880. The first-order valence-corrected chi connectivity index (χ1v) is 6.73. The number of nitrogens with zero attached hydrogens (tertiary/aromatic N) is 3. The van der Waals surface area contributed by atoms with E-state index in [2.05, 4.69) is 18.0 Å². The summed E-state index contributed by atoms with van der Waals surface area (Å²) in [6.45, 7) is 5.76. The third kappa shape index (κ3) is 1.97. The Hall–Kier alpha value is -1.55. The maximum atomic E-state index is 5.96. The molecule has 18 heavy (non-hydrogen) atoms. The van der Waals surface area contributed by atoms with Gasteiger partial charge in [0.1, 0.15) is 11.5 Å². The van der Waals surface area contributed by atoms with Gasteiger partial charge in [0.2, 0.25) is 0 Å². The Kier molecular flexibility index (Phi) is 2.96. The summed E-state index contributed by atoms with van der Waals surface area (Å²) in [5.41, 5.74) is 8.12. The molecule has 1 saturated heterocycles. The highest BCUT2D eigenvalue weighted by atomic mass is 15.1. The Morgan fingerprint density at radius 2 is 2.11 bits per heavy atom. The van der Waals surface area contributed by atoms with Gasteiger partial charge in [-0.3, -0.25) is 4.40 Å². The number of likely N-dealkylation sites (tertiary alicyclic amines) is 1. The topological polar surface area (TPSA) is 46.6 Å². The standard InChI is InChI=1S/C14H20N4/c1-2-17-8-6-11(7-9-17)12-10-18-13(15)4-3-5-14(18)16-12/h3-5,10-11H,2,6-9,15H2,1H3. The van der Waals surface area contributed by atoms with Gasteiger partial charge in [0, 0.05) is 12.1 Å². The van der Waals surface area contributed by atoms with Crippen LogP contribution < -0.4 is 5.73 Å². The van der Waals surface area contributed by atoms with Crippen LogP contribution in [-0.4, -0.2) is 33.9 Å². The molecule has 1 aliphatic heterocycles. The molecule has 96 valence electrons. The maximum absolute atomic E-state index is 5.96. The van der Waals surface area contributed by atoms with Crippen molar-refractivity contribution >= 4 is 11.5 Å². The number of fused-ring (bicyclic) bond motifs is 1. The van der Waals surface area contributed by atoms with E-state index in [9.17, 15) is 0 Å². The highest BCUT2D eigenvalue weighted by Crippen LogP contribution is 2.27. The van der Waals surface area contributed by atoms with Crippen molar-refractivity contribution in [2.75, 3.05) is 25.4 Å². The van der Waals surface area contributed by atoms with Gasteiger partial charge in [0.05, 0.1) is 5.69 Å². The second-order valence-corrected chi connectivity index (χ2v) is 5.05. The Balaban J connectivity index is 1.85. The third-order valence-corrected chi connectivity index (χ3v) is 4.00. The summed E-state index contributed by atoms with van der Waals surface area (Å²) in [5.74, 6) is 1.35. The fourth-order valence-corrected chi connectivity index (χ4v) is 2.79. The van der Waals surface area contributed by atoms with E-state index in [1.807, 2.05) is 22.6 Å². The van der Waals surface area contributed by atoms with E-state index in [0.29, 0.717) is 5.92 Å². The van der Waals surface area contributed by atoms with Gasteiger partial charge in [-0.1, -0.05) is 13.0 Å². The number of aromatic nitrogens is 2. The molecule has 3 rings (SSSR count). The smallest absolute Gasteiger partial charge is 0.138 e. The number of nitrogens with two attached hydrogens (primary N) is 1. The SMILES string of the molecule is CCN1CCC(c2cn3c(N)cccc3n2)CC1. The zero-order chi connectivity index (χ0) is 12.5. The zero-order valence-electron chi connectivity index (χ0n) is 10.8. The van der Waals surface area contributed by atoms with Gasteiger partial charge < -0.3 is 10.6 Å². The monoisotopic (exact) mass is 244 g/mol. The number of hydrogen-bond acceptors (Lipinski definition) is 3. The first-order chi connectivity index (χ1) is 8.78. The van der Waals surface area contributed by atoms with E-state index < -0.39 is 0 Å². The van der Waals surface area contributed by atoms with E-state index in [0.717, 1.165) is 18.0 Å². The largest absolute Gasteiger partial charge is 0.385 e. The third-order valence-electron chi connectivity index (χ3n) is 4.00. The summed E-state index contributed by atoms with van der Waals surface area (Å²) in [6, 6.07) is 5.89. The molecule has 4 heteroatoms. The van der Waals surface area contributed by atoms with Crippen LogP contribution in [0.5, 0.6) is 0 Å². The van der Waals surface area contributed by atoms with Crippen LogP contribution in [0, 0.1) is 0 Å². The molecule has 0 spiro atoms. The van der Waals surface area contributed by atoms with Crippen molar-refractivity contribution in [2.24, 2.45) is 0 Å². The molecular formula is C14H20N4. The van der Waals surface area contributed by atoms with Crippen LogP contribution in [0.3, 0.4) is 0 Å². The lowest BCUT2D eigenvalue weighted by molar-refractivity contribution is 0.221. The second kappa shape index (κ2) is 4.61. The van der Waals surface area contributed by atoms with Gasteiger partial charge in [0.15, 0.2) is 0 Å². The van der Waals surface area contributed by atoms with Crippen LogP contribution in [0.1, 0.15) is 31.4 Å². The minimum atomic E-state index is 0.590. The summed E-state index contributed by atoms with van der Waals surface area (Å²) >= 11 is 0. The Morgan fingerprint density at radius 1 is 1.33 bits per heavy atom. The summed E-state index contributed by atoms with van der Waals surface area (Å²) in [7, 11) is 0. The van der Waals surface area contributed by atoms with Crippen LogP contribution in [-0.2, 0) is 0 Å². The Bertz CT molecular complexity index is 538. The van der Waals surface area contributed by atoms with Crippen molar-refractivity contribution in [1.82, 2.24) is 14.3 Å². The molecule has 3 heterocycles. The van der Waals surface area contributed by atoms with Crippen LogP contribution in [0.15, 0.2) is 24.4 Å². The van der Waals surface area contributed by atoms with Gasteiger partial charge in [0.25, 0.3) is 0 Å². The number of imidazole rings is 1. The molecule has 0 aromatic carbocycles. The number of rotatable bonds is 2. The molecular weight excluding hydrogens is 224 g/mol. The lowest BCUT2D eigenvalue weighted by atomic mass is 9.94. The first-order valence-electron chi connectivity index (χ1n) is 6.73. The Morgan fingerprint density at radius 3 is 2.78 bits per heavy atom. The second-order valence-electron chi connectivity index (χ2n) is 5.05. The summed E-state index contributed by atoms with van der Waals surface area (Å²) in [6.07, 6.45) is 4.52. The van der Waals surface area contributed by atoms with Crippen molar-refractivity contribution in [3.8, 4) is 0 Å². The van der Waals surface area contributed by atoms with Crippen molar-refractivity contribution in [1.29, 1.82) is 0 Å². The minimum absolute atomic E-state index is 0.590. The fraction of sp³-hybridized carbons (Fsp3) is 0.500. The van der Waals surface area contributed by atoms with Gasteiger partial charge in [-0.2, -0.15) is 0 Å². The molecule has 0 aliphatic carbocycles. The number of piperidine rings is 1. The maximum Gasteiger partial charge on any atom is 0.138 e. The minimum Gasteiger partial charge on any atom is -0.385 e. The Labute approximate surface area is 107 Å².